The van der Waals surface area contributed by atoms with Gasteiger partial charge in [0.25, 0.3) is 0 Å². The van der Waals surface area contributed by atoms with E-state index in [1.165, 1.54) is 23.3 Å². The van der Waals surface area contributed by atoms with Gasteiger partial charge in [-0.3, -0.25) is 4.98 Å². The van der Waals surface area contributed by atoms with Gasteiger partial charge in [-0.25, -0.2) is 4.98 Å². The smallest absolute Gasteiger partial charge is 0.142 e. The molecule has 0 radical (unpaired) electrons. The summed E-state index contributed by atoms with van der Waals surface area (Å²) in [4.78, 5) is 10.3. The number of aryl methyl sites for hydroxylation is 2. The molecule has 3 nitrogen and oxygen atoms in total. The molecule has 0 spiro atoms. The number of nitrogens with zero attached hydrogens (tertiary/aromatic N) is 2. The van der Waals surface area contributed by atoms with Crippen molar-refractivity contribution < 1.29 is 0 Å². The molecule has 4 heteroatoms. The Hall–Kier alpha value is -1.26. The Balaban J connectivity index is 1.78. The van der Waals surface area contributed by atoms with E-state index >= 15 is 0 Å². The van der Waals surface area contributed by atoms with Gasteiger partial charge in [0.1, 0.15) is 5.01 Å². The van der Waals surface area contributed by atoms with E-state index in [1.54, 1.807) is 11.3 Å². The summed E-state index contributed by atoms with van der Waals surface area (Å²) in [6.07, 6.45) is 4.61. The standard InChI is InChI=1S/C14H17N3S/c1-9-5-10(2)17-13(6-9)14-16-8-12(18-14)7-15-11-3-4-11/h5-6,8,11,15H,3-4,7H2,1-2H3. The van der Waals surface area contributed by atoms with Crippen LogP contribution in [-0.4, -0.2) is 16.0 Å². The molecule has 1 fully saturated rings. The van der Waals surface area contributed by atoms with Crippen LogP contribution in [0, 0.1) is 13.8 Å². The largest absolute Gasteiger partial charge is 0.309 e. The molecule has 1 aliphatic rings. The lowest BCUT2D eigenvalue weighted by Crippen LogP contribution is -2.14. The molecule has 2 heterocycles. The van der Waals surface area contributed by atoms with Crippen molar-refractivity contribution in [1.29, 1.82) is 0 Å². The van der Waals surface area contributed by atoms with Crippen molar-refractivity contribution in [2.24, 2.45) is 0 Å². The molecule has 0 atom stereocenters. The predicted molar refractivity (Wildman–Crippen MR) is 74.7 cm³/mol. The second-order valence-corrected chi connectivity index (χ2v) is 6.07. The van der Waals surface area contributed by atoms with Crippen molar-refractivity contribution in [3.8, 4) is 10.7 Å². The van der Waals surface area contributed by atoms with E-state index in [9.17, 15) is 0 Å². The molecule has 1 aliphatic carbocycles. The minimum atomic E-state index is 0.745. The number of hydrogen-bond donors (Lipinski definition) is 1. The third-order valence-corrected chi connectivity index (χ3v) is 4.03. The van der Waals surface area contributed by atoms with Gasteiger partial charge in [-0.1, -0.05) is 0 Å². The summed E-state index contributed by atoms with van der Waals surface area (Å²) in [5.41, 5.74) is 3.29. The Bertz CT molecular complexity index is 538. The van der Waals surface area contributed by atoms with Crippen LogP contribution in [0.5, 0.6) is 0 Å². The fourth-order valence-corrected chi connectivity index (χ4v) is 2.81. The molecule has 0 aromatic carbocycles. The van der Waals surface area contributed by atoms with Gasteiger partial charge < -0.3 is 5.32 Å². The van der Waals surface area contributed by atoms with Gasteiger partial charge >= 0.3 is 0 Å². The quantitative estimate of drug-likeness (QED) is 0.917. The van der Waals surface area contributed by atoms with Crippen LogP contribution >= 0.6 is 11.3 Å². The van der Waals surface area contributed by atoms with Crippen LogP contribution in [0.1, 0.15) is 29.0 Å². The van der Waals surface area contributed by atoms with Crippen molar-refractivity contribution in [1.82, 2.24) is 15.3 Å². The van der Waals surface area contributed by atoms with Gasteiger partial charge in [0, 0.05) is 29.4 Å². The maximum atomic E-state index is 4.55. The number of rotatable bonds is 4. The van der Waals surface area contributed by atoms with Crippen molar-refractivity contribution >= 4 is 11.3 Å². The molecular formula is C14H17N3S. The summed E-state index contributed by atoms with van der Waals surface area (Å²) >= 11 is 1.74. The van der Waals surface area contributed by atoms with Crippen molar-refractivity contribution in [2.75, 3.05) is 0 Å². The van der Waals surface area contributed by atoms with Crippen LogP contribution in [0.3, 0.4) is 0 Å². The predicted octanol–water partition coefficient (Wildman–Crippen LogP) is 3.07. The lowest BCUT2D eigenvalue weighted by Gasteiger charge is -2.00. The van der Waals surface area contributed by atoms with Crippen LogP contribution in [0.4, 0.5) is 0 Å². The Morgan fingerprint density at radius 1 is 1.33 bits per heavy atom. The number of nitrogens with one attached hydrogen (secondary N) is 1. The first-order valence-electron chi connectivity index (χ1n) is 6.34. The van der Waals surface area contributed by atoms with E-state index in [4.69, 9.17) is 0 Å². The van der Waals surface area contributed by atoms with Crippen LogP contribution in [0.15, 0.2) is 18.3 Å². The zero-order valence-corrected chi connectivity index (χ0v) is 11.5. The number of aromatic nitrogens is 2. The summed E-state index contributed by atoms with van der Waals surface area (Å²) in [7, 11) is 0. The van der Waals surface area contributed by atoms with Gasteiger partial charge in [-0.15, -0.1) is 11.3 Å². The van der Waals surface area contributed by atoms with Crippen molar-refractivity contribution in [2.45, 2.75) is 39.3 Å². The Kier molecular flexibility index (Phi) is 3.14. The molecule has 0 bridgehead atoms. The minimum Gasteiger partial charge on any atom is -0.309 e. The Morgan fingerprint density at radius 2 is 2.17 bits per heavy atom. The lowest BCUT2D eigenvalue weighted by molar-refractivity contribution is 0.694. The van der Waals surface area contributed by atoms with Gasteiger partial charge in [-0.2, -0.15) is 0 Å². The molecule has 0 amide bonds. The first-order valence-corrected chi connectivity index (χ1v) is 7.16. The van der Waals surface area contributed by atoms with E-state index in [1.807, 2.05) is 13.1 Å². The lowest BCUT2D eigenvalue weighted by atomic mass is 10.2. The van der Waals surface area contributed by atoms with Crippen molar-refractivity contribution in [3.05, 3.63) is 34.5 Å². The first-order chi connectivity index (χ1) is 8.70. The maximum Gasteiger partial charge on any atom is 0.142 e. The second-order valence-electron chi connectivity index (χ2n) is 4.96. The highest BCUT2D eigenvalue weighted by Crippen LogP contribution is 2.26. The van der Waals surface area contributed by atoms with Crippen LogP contribution < -0.4 is 5.32 Å². The van der Waals surface area contributed by atoms with Crippen molar-refractivity contribution in [3.63, 3.8) is 0 Å². The second kappa shape index (κ2) is 4.78. The highest BCUT2D eigenvalue weighted by Gasteiger charge is 2.20. The van der Waals surface area contributed by atoms with E-state index in [2.05, 4.69) is 34.3 Å². The molecule has 0 unspecified atom stereocenters. The topological polar surface area (TPSA) is 37.8 Å². The normalized spacial score (nSPS) is 15.0. The summed E-state index contributed by atoms with van der Waals surface area (Å²) in [6.45, 7) is 5.06. The number of pyridine rings is 1. The summed E-state index contributed by atoms with van der Waals surface area (Å²) < 4.78 is 0. The van der Waals surface area contributed by atoms with Crippen LogP contribution in [-0.2, 0) is 6.54 Å². The van der Waals surface area contributed by atoms with Gasteiger partial charge in [-0.05, 0) is 44.4 Å². The fourth-order valence-electron chi connectivity index (χ4n) is 1.99. The summed E-state index contributed by atoms with van der Waals surface area (Å²) in [5, 5.41) is 4.53. The molecule has 2 aromatic heterocycles. The van der Waals surface area contributed by atoms with E-state index in [0.717, 1.165) is 29.0 Å². The van der Waals surface area contributed by atoms with E-state index in [0.29, 0.717) is 0 Å². The zero-order chi connectivity index (χ0) is 12.5. The van der Waals surface area contributed by atoms with Crippen LogP contribution in [0.25, 0.3) is 10.7 Å². The fraction of sp³-hybridized carbons (Fsp3) is 0.429. The molecule has 1 saturated carbocycles. The zero-order valence-electron chi connectivity index (χ0n) is 10.7. The van der Waals surface area contributed by atoms with E-state index < -0.39 is 0 Å². The number of thiazole rings is 1. The average molecular weight is 259 g/mol. The third kappa shape index (κ3) is 2.76. The average Bonchev–Trinajstić information content (AvgIpc) is 3.02. The summed E-state index contributed by atoms with van der Waals surface area (Å²) in [6, 6.07) is 4.94. The molecular weight excluding hydrogens is 242 g/mol. The molecule has 18 heavy (non-hydrogen) atoms. The molecule has 3 rings (SSSR count). The van der Waals surface area contributed by atoms with Crippen LogP contribution in [0.2, 0.25) is 0 Å². The SMILES string of the molecule is Cc1cc(C)nc(-c2ncc(CNC3CC3)s2)c1. The Morgan fingerprint density at radius 3 is 2.89 bits per heavy atom. The molecule has 0 aliphatic heterocycles. The third-order valence-electron chi connectivity index (χ3n) is 3.01. The minimum absolute atomic E-state index is 0.745. The Labute approximate surface area is 111 Å². The maximum absolute atomic E-state index is 4.55. The molecule has 0 saturated heterocycles. The number of hydrogen-bond acceptors (Lipinski definition) is 4. The molecule has 94 valence electrons. The molecule has 2 aromatic rings. The highest BCUT2D eigenvalue weighted by molar-refractivity contribution is 7.14. The summed E-state index contributed by atoms with van der Waals surface area (Å²) in [5.74, 6) is 0. The highest BCUT2D eigenvalue weighted by atomic mass is 32.1. The molecule has 1 N–H and O–H groups in total. The van der Waals surface area contributed by atoms with Gasteiger partial charge in [0.05, 0.1) is 5.69 Å². The van der Waals surface area contributed by atoms with Gasteiger partial charge in [0.2, 0.25) is 0 Å². The first kappa shape index (κ1) is 11.8. The monoisotopic (exact) mass is 259 g/mol. The van der Waals surface area contributed by atoms with Gasteiger partial charge in [0.15, 0.2) is 0 Å². The van der Waals surface area contributed by atoms with E-state index in [-0.39, 0.29) is 0 Å².